The van der Waals surface area contributed by atoms with Crippen molar-refractivity contribution in [3.05, 3.63) is 48.0 Å². The molecule has 0 saturated carbocycles. The van der Waals surface area contributed by atoms with Crippen LogP contribution in [-0.4, -0.2) is 53.8 Å². The minimum Gasteiger partial charge on any atom is -0.366 e. The highest BCUT2D eigenvalue weighted by molar-refractivity contribution is 5.83. The van der Waals surface area contributed by atoms with Crippen molar-refractivity contribution in [2.45, 2.75) is 6.04 Å². The summed E-state index contributed by atoms with van der Waals surface area (Å²) >= 11 is 0. The molecule has 3 rings (SSSR count). The Kier molecular flexibility index (Phi) is 4.80. The van der Waals surface area contributed by atoms with Crippen LogP contribution in [0.4, 0.5) is 10.1 Å². The van der Waals surface area contributed by atoms with E-state index in [9.17, 15) is 9.18 Å². The molecular weight excluding hydrogens is 309 g/mol. The molecule has 0 bridgehead atoms. The number of aryl methyl sites for hydroxylation is 1. The number of halogens is 1. The number of rotatable bonds is 4. The minimum absolute atomic E-state index is 0.0266. The largest absolute Gasteiger partial charge is 0.366 e. The van der Waals surface area contributed by atoms with Gasteiger partial charge in [0.1, 0.15) is 11.9 Å². The van der Waals surface area contributed by atoms with E-state index in [1.807, 2.05) is 29.1 Å². The summed E-state index contributed by atoms with van der Waals surface area (Å²) in [5.74, 6) is -0.195. The van der Waals surface area contributed by atoms with Gasteiger partial charge in [0, 0.05) is 45.0 Å². The van der Waals surface area contributed by atoms with Gasteiger partial charge in [0.2, 0.25) is 5.91 Å². The smallest absolute Gasteiger partial charge is 0.244 e. The number of carbonyl (C=O) groups excluding carboxylic acids is 1. The molecule has 1 aromatic carbocycles. The van der Waals surface area contributed by atoms with Crippen molar-refractivity contribution in [2.24, 2.45) is 7.05 Å². The van der Waals surface area contributed by atoms with Gasteiger partial charge in [0.25, 0.3) is 0 Å². The topological polar surface area (TPSA) is 53.4 Å². The number of benzene rings is 1. The molecule has 24 heavy (non-hydrogen) atoms. The summed E-state index contributed by atoms with van der Waals surface area (Å²) in [6, 6.07) is 6.35. The van der Waals surface area contributed by atoms with Crippen molar-refractivity contribution in [1.29, 1.82) is 0 Å². The lowest BCUT2D eigenvalue weighted by molar-refractivity contribution is -0.133. The minimum atomic E-state index is -0.404. The summed E-state index contributed by atoms with van der Waals surface area (Å²) in [6.45, 7) is 2.39. The van der Waals surface area contributed by atoms with Crippen LogP contribution in [0.2, 0.25) is 0 Å². The Hall–Kier alpha value is -2.41. The van der Waals surface area contributed by atoms with Crippen molar-refractivity contribution in [3.8, 4) is 0 Å². The highest BCUT2D eigenvalue weighted by Gasteiger charge is 2.28. The molecular formula is C17H22FN5O. The first-order valence-corrected chi connectivity index (χ1v) is 8.04. The molecule has 0 aliphatic carbocycles. The molecule has 1 N–H and O–H groups in total. The average molecular weight is 331 g/mol. The summed E-state index contributed by atoms with van der Waals surface area (Å²) in [5, 5.41) is 7.19. The van der Waals surface area contributed by atoms with Crippen LogP contribution in [-0.2, 0) is 11.8 Å². The quantitative estimate of drug-likeness (QED) is 0.914. The molecule has 2 aromatic rings. The van der Waals surface area contributed by atoms with Crippen molar-refractivity contribution in [2.75, 3.05) is 38.1 Å². The molecule has 7 heteroatoms. The zero-order valence-corrected chi connectivity index (χ0v) is 13.9. The van der Waals surface area contributed by atoms with Crippen LogP contribution in [0.5, 0.6) is 0 Å². The van der Waals surface area contributed by atoms with Crippen molar-refractivity contribution in [3.63, 3.8) is 0 Å². The Morgan fingerprint density at radius 2 is 1.96 bits per heavy atom. The summed E-state index contributed by atoms with van der Waals surface area (Å²) < 4.78 is 15.6. The summed E-state index contributed by atoms with van der Waals surface area (Å²) in [6.07, 6.45) is 3.54. The van der Waals surface area contributed by atoms with E-state index in [4.69, 9.17) is 0 Å². The lowest BCUT2D eigenvalue weighted by Crippen LogP contribution is -2.51. The Labute approximate surface area is 140 Å². The average Bonchev–Trinajstić information content (AvgIpc) is 3.02. The lowest BCUT2D eigenvalue weighted by atomic mass is 10.1. The maximum absolute atomic E-state index is 13.9. The molecule has 1 aliphatic heterocycles. The van der Waals surface area contributed by atoms with E-state index in [1.165, 1.54) is 6.07 Å². The first kappa shape index (κ1) is 16.4. The SMILES string of the molecule is CNC(C(=O)N1CCN(c2ccccc2F)CC1)c1cnn(C)c1. The molecule has 1 unspecified atom stereocenters. The van der Waals surface area contributed by atoms with Gasteiger partial charge >= 0.3 is 0 Å². The van der Waals surface area contributed by atoms with Crippen LogP contribution in [0.1, 0.15) is 11.6 Å². The maximum Gasteiger partial charge on any atom is 0.244 e. The van der Waals surface area contributed by atoms with Crippen LogP contribution in [0.3, 0.4) is 0 Å². The number of para-hydroxylation sites is 1. The molecule has 1 aliphatic rings. The molecule has 1 aromatic heterocycles. The number of hydrogen-bond donors (Lipinski definition) is 1. The number of amides is 1. The van der Waals surface area contributed by atoms with Crippen LogP contribution < -0.4 is 10.2 Å². The number of nitrogens with zero attached hydrogens (tertiary/aromatic N) is 4. The van der Waals surface area contributed by atoms with Crippen LogP contribution in [0, 0.1) is 5.82 Å². The standard InChI is InChI=1S/C17H22FN5O/c1-19-16(13-11-20-21(2)12-13)17(24)23-9-7-22(8-10-23)15-6-4-3-5-14(15)18/h3-6,11-12,16,19H,7-10H2,1-2H3. The van der Waals surface area contributed by atoms with Gasteiger partial charge < -0.3 is 15.1 Å². The fourth-order valence-corrected chi connectivity index (χ4v) is 3.08. The van der Waals surface area contributed by atoms with Crippen LogP contribution >= 0.6 is 0 Å². The molecule has 6 nitrogen and oxygen atoms in total. The van der Waals surface area contributed by atoms with Crippen LogP contribution in [0.25, 0.3) is 0 Å². The highest BCUT2D eigenvalue weighted by atomic mass is 19.1. The first-order chi connectivity index (χ1) is 11.6. The van der Waals surface area contributed by atoms with E-state index in [0.717, 1.165) is 5.56 Å². The zero-order chi connectivity index (χ0) is 17.1. The fraction of sp³-hybridized carbons (Fsp3) is 0.412. The van der Waals surface area contributed by atoms with Gasteiger partial charge in [-0.1, -0.05) is 12.1 Å². The molecule has 0 spiro atoms. The van der Waals surface area contributed by atoms with E-state index in [-0.39, 0.29) is 11.7 Å². The fourth-order valence-electron chi connectivity index (χ4n) is 3.08. The normalized spacial score (nSPS) is 16.3. The molecule has 1 atom stereocenters. The third-order valence-electron chi connectivity index (χ3n) is 4.38. The Bertz CT molecular complexity index is 709. The maximum atomic E-state index is 13.9. The number of nitrogens with one attached hydrogen (secondary N) is 1. The molecule has 128 valence electrons. The number of carbonyl (C=O) groups is 1. The number of aromatic nitrogens is 2. The third kappa shape index (κ3) is 3.26. The van der Waals surface area contributed by atoms with Crippen molar-refractivity contribution in [1.82, 2.24) is 20.0 Å². The zero-order valence-electron chi connectivity index (χ0n) is 13.9. The predicted molar refractivity (Wildman–Crippen MR) is 90.2 cm³/mol. The Morgan fingerprint density at radius 3 is 2.54 bits per heavy atom. The number of anilines is 1. The van der Waals surface area contributed by atoms with Gasteiger partial charge in [-0.05, 0) is 19.2 Å². The molecule has 1 saturated heterocycles. The van der Waals surface area contributed by atoms with Gasteiger partial charge in [0.05, 0.1) is 11.9 Å². The van der Waals surface area contributed by atoms with E-state index < -0.39 is 6.04 Å². The van der Waals surface area contributed by atoms with Crippen molar-refractivity contribution < 1.29 is 9.18 Å². The number of likely N-dealkylation sites (N-methyl/N-ethyl adjacent to an activating group) is 1. The number of piperazine rings is 1. The van der Waals surface area contributed by atoms with Gasteiger partial charge in [-0.2, -0.15) is 5.10 Å². The van der Waals surface area contributed by atoms with Crippen LogP contribution in [0.15, 0.2) is 36.7 Å². The highest BCUT2D eigenvalue weighted by Crippen LogP contribution is 2.22. The molecule has 2 heterocycles. The summed E-state index contributed by atoms with van der Waals surface area (Å²) in [5.41, 5.74) is 1.45. The summed E-state index contributed by atoms with van der Waals surface area (Å²) in [7, 11) is 3.60. The second kappa shape index (κ2) is 7.00. The first-order valence-electron chi connectivity index (χ1n) is 8.04. The van der Waals surface area contributed by atoms with Gasteiger partial charge in [0.15, 0.2) is 0 Å². The van der Waals surface area contributed by atoms with E-state index in [1.54, 1.807) is 30.1 Å². The second-order valence-corrected chi connectivity index (χ2v) is 5.93. The Balaban J connectivity index is 1.65. The number of hydrogen-bond acceptors (Lipinski definition) is 4. The molecule has 0 radical (unpaired) electrons. The van der Waals surface area contributed by atoms with E-state index >= 15 is 0 Å². The monoisotopic (exact) mass is 331 g/mol. The van der Waals surface area contributed by atoms with Gasteiger partial charge in [-0.15, -0.1) is 0 Å². The molecule has 1 fully saturated rings. The predicted octanol–water partition coefficient (Wildman–Crippen LogP) is 1.17. The lowest BCUT2D eigenvalue weighted by Gasteiger charge is -2.37. The third-order valence-corrected chi connectivity index (χ3v) is 4.38. The van der Waals surface area contributed by atoms with E-state index in [2.05, 4.69) is 10.4 Å². The molecule has 1 amide bonds. The Morgan fingerprint density at radius 1 is 1.25 bits per heavy atom. The van der Waals surface area contributed by atoms with Crippen molar-refractivity contribution >= 4 is 11.6 Å². The summed E-state index contributed by atoms with van der Waals surface area (Å²) in [4.78, 5) is 16.6. The van der Waals surface area contributed by atoms with Gasteiger partial charge in [-0.3, -0.25) is 9.48 Å². The van der Waals surface area contributed by atoms with Gasteiger partial charge in [-0.25, -0.2) is 4.39 Å². The van der Waals surface area contributed by atoms with E-state index in [0.29, 0.717) is 31.9 Å². The second-order valence-electron chi connectivity index (χ2n) is 5.93.